The predicted octanol–water partition coefficient (Wildman–Crippen LogP) is 6.77. The van der Waals surface area contributed by atoms with E-state index in [1.165, 1.54) is 6.33 Å². The molecule has 5 aromatic rings. The van der Waals surface area contributed by atoms with Gasteiger partial charge in [0, 0.05) is 35.9 Å². The lowest BCUT2D eigenvalue weighted by Gasteiger charge is -2.03. The van der Waals surface area contributed by atoms with Crippen molar-refractivity contribution in [1.29, 1.82) is 0 Å². The molecule has 0 saturated carbocycles. The van der Waals surface area contributed by atoms with Crippen LogP contribution in [0.15, 0.2) is 77.6 Å². The molecule has 0 spiro atoms. The number of rotatable bonds is 7. The van der Waals surface area contributed by atoms with Crippen LogP contribution in [0, 0.1) is 6.92 Å². The van der Waals surface area contributed by atoms with Gasteiger partial charge < -0.3 is 4.42 Å². The smallest absolute Gasteiger partial charge is 0.238 e. The zero-order chi connectivity index (χ0) is 22.8. The minimum absolute atomic E-state index is 0.158. The standard InChI is InChI=1S/C26H22F2N4O/c1-17-9-11-19(12-10-17)24-21(15-32(31-24)13-5-8-23(27)28)25-20-14-22(18-6-3-2-4-7-18)33-26(20)30-16-29-25/h2-4,6-7,9-12,14-16,23H,5,8,13H2,1H3. The first-order chi connectivity index (χ1) is 16.1. The van der Waals surface area contributed by atoms with E-state index in [9.17, 15) is 8.78 Å². The third-order valence-corrected chi connectivity index (χ3v) is 5.54. The molecule has 5 nitrogen and oxygen atoms in total. The van der Waals surface area contributed by atoms with E-state index in [2.05, 4.69) is 9.97 Å². The maximum atomic E-state index is 12.6. The van der Waals surface area contributed by atoms with Crippen LogP contribution in [-0.2, 0) is 6.54 Å². The first-order valence-electron chi connectivity index (χ1n) is 10.8. The second kappa shape index (κ2) is 8.94. The third-order valence-electron chi connectivity index (χ3n) is 5.54. The van der Waals surface area contributed by atoms with Gasteiger partial charge in [0.05, 0.1) is 11.1 Å². The van der Waals surface area contributed by atoms with Gasteiger partial charge in [0.25, 0.3) is 0 Å². The topological polar surface area (TPSA) is 56.7 Å². The molecule has 166 valence electrons. The van der Waals surface area contributed by atoms with E-state index in [0.29, 0.717) is 30.1 Å². The Hall–Kier alpha value is -3.87. The normalized spacial score (nSPS) is 11.5. The minimum atomic E-state index is -2.32. The maximum Gasteiger partial charge on any atom is 0.238 e. The molecule has 2 aromatic carbocycles. The van der Waals surface area contributed by atoms with Gasteiger partial charge in [0.15, 0.2) is 0 Å². The summed E-state index contributed by atoms with van der Waals surface area (Å²) < 4.78 is 33.0. The molecular formula is C26H22F2N4O. The van der Waals surface area contributed by atoms with Crippen LogP contribution in [0.2, 0.25) is 0 Å². The number of fused-ring (bicyclic) bond motifs is 1. The van der Waals surface area contributed by atoms with Gasteiger partial charge in [-0.3, -0.25) is 4.68 Å². The molecule has 3 heterocycles. The fourth-order valence-electron chi connectivity index (χ4n) is 3.86. The molecule has 0 saturated heterocycles. The Bertz CT molecular complexity index is 1370. The summed E-state index contributed by atoms with van der Waals surface area (Å²) in [5, 5.41) is 5.51. The van der Waals surface area contributed by atoms with E-state index < -0.39 is 6.43 Å². The minimum Gasteiger partial charge on any atom is -0.438 e. The van der Waals surface area contributed by atoms with E-state index in [1.54, 1.807) is 4.68 Å². The number of hydrogen-bond donors (Lipinski definition) is 0. The predicted molar refractivity (Wildman–Crippen MR) is 124 cm³/mol. The molecule has 0 unspecified atom stereocenters. The summed E-state index contributed by atoms with van der Waals surface area (Å²) in [4.78, 5) is 8.88. The Morgan fingerprint density at radius 2 is 1.73 bits per heavy atom. The molecule has 0 aliphatic carbocycles. The van der Waals surface area contributed by atoms with Crippen molar-refractivity contribution in [2.75, 3.05) is 0 Å². The van der Waals surface area contributed by atoms with Crippen LogP contribution in [0.5, 0.6) is 0 Å². The molecule has 0 aliphatic rings. The Balaban J connectivity index is 1.62. The number of halogens is 2. The molecule has 0 radical (unpaired) electrons. The Morgan fingerprint density at radius 1 is 0.939 bits per heavy atom. The monoisotopic (exact) mass is 444 g/mol. The lowest BCUT2D eigenvalue weighted by molar-refractivity contribution is 0.132. The zero-order valence-electron chi connectivity index (χ0n) is 18.1. The van der Waals surface area contributed by atoms with E-state index >= 15 is 0 Å². The number of aromatic nitrogens is 4. The molecule has 7 heteroatoms. The van der Waals surface area contributed by atoms with Crippen molar-refractivity contribution in [2.45, 2.75) is 32.7 Å². The van der Waals surface area contributed by atoms with Crippen LogP contribution in [0.25, 0.3) is 44.9 Å². The Labute approximate surface area is 189 Å². The molecule has 0 amide bonds. The Morgan fingerprint density at radius 3 is 2.48 bits per heavy atom. The SMILES string of the molecule is Cc1ccc(-c2nn(CCCC(F)F)cc2-c2ncnc3oc(-c4ccccc4)cc23)cc1. The largest absolute Gasteiger partial charge is 0.438 e. The van der Waals surface area contributed by atoms with Crippen molar-refractivity contribution in [3.63, 3.8) is 0 Å². The molecule has 0 N–H and O–H groups in total. The number of alkyl halides is 2. The summed E-state index contributed by atoms with van der Waals surface area (Å²) in [6.45, 7) is 2.43. The number of furan rings is 1. The highest BCUT2D eigenvalue weighted by Gasteiger charge is 2.20. The van der Waals surface area contributed by atoms with Gasteiger partial charge in [-0.15, -0.1) is 0 Å². The molecule has 5 rings (SSSR count). The molecule has 3 aromatic heterocycles. The van der Waals surface area contributed by atoms with Gasteiger partial charge in [-0.05, 0) is 19.4 Å². The van der Waals surface area contributed by atoms with E-state index in [-0.39, 0.29) is 6.42 Å². The van der Waals surface area contributed by atoms with Crippen molar-refractivity contribution in [3.05, 3.63) is 78.8 Å². The Kier molecular flexibility index (Phi) is 5.69. The van der Waals surface area contributed by atoms with Crippen LogP contribution in [0.1, 0.15) is 18.4 Å². The van der Waals surface area contributed by atoms with Gasteiger partial charge in [0.1, 0.15) is 17.8 Å². The average Bonchev–Trinajstić information content (AvgIpc) is 3.44. The summed E-state index contributed by atoms with van der Waals surface area (Å²) in [5.41, 5.74) is 5.76. The first-order valence-corrected chi connectivity index (χ1v) is 10.8. The van der Waals surface area contributed by atoms with Crippen LogP contribution >= 0.6 is 0 Å². The fraction of sp³-hybridized carbons (Fsp3) is 0.192. The molecule has 0 atom stereocenters. The van der Waals surface area contributed by atoms with Crippen LogP contribution < -0.4 is 0 Å². The van der Waals surface area contributed by atoms with Gasteiger partial charge in [0.2, 0.25) is 12.1 Å². The molecule has 0 aliphatic heterocycles. The van der Waals surface area contributed by atoms with Gasteiger partial charge >= 0.3 is 0 Å². The maximum absolute atomic E-state index is 12.6. The quantitative estimate of drug-likeness (QED) is 0.278. The lowest BCUT2D eigenvalue weighted by atomic mass is 10.0. The molecule has 0 fully saturated rings. The van der Waals surface area contributed by atoms with Crippen molar-refractivity contribution >= 4 is 11.1 Å². The second-order valence-electron chi connectivity index (χ2n) is 7.97. The summed E-state index contributed by atoms with van der Waals surface area (Å²) >= 11 is 0. The number of benzene rings is 2. The highest BCUT2D eigenvalue weighted by Crippen LogP contribution is 2.36. The number of nitrogens with zero attached hydrogens (tertiary/aromatic N) is 4. The molecule has 33 heavy (non-hydrogen) atoms. The number of aryl methyl sites for hydroxylation is 2. The fourth-order valence-corrected chi connectivity index (χ4v) is 3.86. The van der Waals surface area contributed by atoms with Crippen molar-refractivity contribution in [2.24, 2.45) is 0 Å². The van der Waals surface area contributed by atoms with Gasteiger partial charge in [-0.25, -0.2) is 18.7 Å². The van der Waals surface area contributed by atoms with Crippen molar-refractivity contribution in [1.82, 2.24) is 19.7 Å². The third kappa shape index (κ3) is 4.39. The number of hydrogen-bond acceptors (Lipinski definition) is 4. The van der Waals surface area contributed by atoms with E-state index in [4.69, 9.17) is 9.52 Å². The summed E-state index contributed by atoms with van der Waals surface area (Å²) in [5.74, 6) is 0.702. The zero-order valence-corrected chi connectivity index (χ0v) is 18.1. The van der Waals surface area contributed by atoms with Crippen LogP contribution in [0.3, 0.4) is 0 Å². The summed E-state index contributed by atoms with van der Waals surface area (Å²) in [7, 11) is 0. The highest BCUT2D eigenvalue weighted by molar-refractivity contribution is 5.95. The summed E-state index contributed by atoms with van der Waals surface area (Å²) in [6, 6.07) is 19.8. The second-order valence-corrected chi connectivity index (χ2v) is 7.97. The average molecular weight is 444 g/mol. The van der Waals surface area contributed by atoms with Gasteiger partial charge in [-0.1, -0.05) is 60.2 Å². The van der Waals surface area contributed by atoms with E-state index in [1.807, 2.05) is 73.8 Å². The van der Waals surface area contributed by atoms with Crippen LogP contribution in [-0.4, -0.2) is 26.2 Å². The lowest BCUT2D eigenvalue weighted by Crippen LogP contribution is -2.01. The van der Waals surface area contributed by atoms with Crippen molar-refractivity contribution < 1.29 is 13.2 Å². The van der Waals surface area contributed by atoms with Crippen LogP contribution in [0.4, 0.5) is 8.78 Å². The molecule has 0 bridgehead atoms. The first kappa shape index (κ1) is 21.0. The molecular weight excluding hydrogens is 422 g/mol. The van der Waals surface area contributed by atoms with Crippen molar-refractivity contribution in [3.8, 4) is 33.8 Å². The highest BCUT2D eigenvalue weighted by atomic mass is 19.3. The van der Waals surface area contributed by atoms with Gasteiger partial charge in [-0.2, -0.15) is 5.10 Å². The van der Waals surface area contributed by atoms with E-state index in [0.717, 1.165) is 33.3 Å². The summed E-state index contributed by atoms with van der Waals surface area (Å²) in [6.07, 6.45) is 1.21.